The summed E-state index contributed by atoms with van der Waals surface area (Å²) in [4.78, 5) is 32.6. The Morgan fingerprint density at radius 1 is 1.03 bits per heavy atom. The van der Waals surface area contributed by atoms with E-state index in [0.29, 0.717) is 17.8 Å². The van der Waals surface area contributed by atoms with E-state index in [-0.39, 0.29) is 17.6 Å². The molecule has 0 aliphatic carbocycles. The van der Waals surface area contributed by atoms with Gasteiger partial charge in [0.25, 0.3) is 11.8 Å². The molecule has 8 heteroatoms. The number of pyridine rings is 1. The largest absolute Gasteiger partial charge is 0.459 e. The van der Waals surface area contributed by atoms with E-state index < -0.39 is 0 Å². The van der Waals surface area contributed by atoms with Crippen LogP contribution in [0.2, 0.25) is 0 Å². The minimum Gasteiger partial charge on any atom is -0.459 e. The number of nitrogens with one attached hydrogen (secondary N) is 2. The van der Waals surface area contributed by atoms with Crippen molar-refractivity contribution in [2.45, 2.75) is 6.54 Å². The molecule has 0 bridgehead atoms. The number of hydrogen-bond acceptors (Lipinski definition) is 5. The lowest BCUT2D eigenvalue weighted by atomic mass is 10.2. The Labute approximate surface area is 166 Å². The van der Waals surface area contributed by atoms with Crippen LogP contribution in [0.3, 0.4) is 0 Å². The number of anilines is 1. The smallest absolute Gasteiger partial charge is 0.291 e. The average Bonchev–Trinajstić information content (AvgIpc) is 3.47. The fourth-order valence-electron chi connectivity index (χ4n) is 2.66. The van der Waals surface area contributed by atoms with Gasteiger partial charge in [0.05, 0.1) is 6.26 Å². The predicted octanol–water partition coefficient (Wildman–Crippen LogP) is 3.04. The van der Waals surface area contributed by atoms with E-state index in [1.54, 1.807) is 59.7 Å². The van der Waals surface area contributed by atoms with Gasteiger partial charge in [0.15, 0.2) is 5.76 Å². The molecule has 144 valence electrons. The third-order valence-electron chi connectivity index (χ3n) is 4.18. The van der Waals surface area contributed by atoms with Gasteiger partial charge in [0.2, 0.25) is 0 Å². The minimum atomic E-state index is -0.348. The van der Waals surface area contributed by atoms with Crippen molar-refractivity contribution in [1.29, 1.82) is 0 Å². The van der Waals surface area contributed by atoms with Crippen LogP contribution in [0.1, 0.15) is 26.5 Å². The number of hydrogen-bond donors (Lipinski definition) is 2. The molecule has 0 spiro atoms. The van der Waals surface area contributed by atoms with E-state index in [1.807, 2.05) is 18.3 Å². The van der Waals surface area contributed by atoms with Crippen LogP contribution >= 0.6 is 0 Å². The Morgan fingerprint density at radius 2 is 1.90 bits per heavy atom. The van der Waals surface area contributed by atoms with Crippen molar-refractivity contribution >= 4 is 17.5 Å². The molecule has 0 unspecified atom stereocenters. The lowest BCUT2D eigenvalue weighted by molar-refractivity contribution is 0.0950. The van der Waals surface area contributed by atoms with Crippen molar-refractivity contribution in [3.8, 4) is 5.82 Å². The summed E-state index contributed by atoms with van der Waals surface area (Å²) in [6.07, 6.45) is 8.31. The standard InChI is InChI=1S/C21H17N5O3/c27-20(24-13-15-3-8-19(23-12-15)26-10-9-22-14-26)16-4-6-17(7-5-16)25-21(28)18-2-1-11-29-18/h1-12,14H,13H2,(H,24,27)(H,25,28). The first-order chi connectivity index (χ1) is 14.2. The normalized spacial score (nSPS) is 10.5. The number of carbonyl (C=O) groups is 2. The van der Waals surface area contributed by atoms with Crippen LogP contribution in [-0.4, -0.2) is 26.3 Å². The van der Waals surface area contributed by atoms with Gasteiger partial charge < -0.3 is 15.1 Å². The van der Waals surface area contributed by atoms with Crippen molar-refractivity contribution in [3.05, 3.63) is 96.6 Å². The number of carbonyl (C=O) groups excluding carboxylic acids is 2. The van der Waals surface area contributed by atoms with Crippen molar-refractivity contribution in [3.63, 3.8) is 0 Å². The lowest BCUT2D eigenvalue weighted by Crippen LogP contribution is -2.23. The van der Waals surface area contributed by atoms with Crippen LogP contribution in [0.4, 0.5) is 5.69 Å². The summed E-state index contributed by atoms with van der Waals surface area (Å²) >= 11 is 0. The third-order valence-corrected chi connectivity index (χ3v) is 4.18. The molecule has 1 aromatic carbocycles. The maximum atomic E-state index is 12.3. The molecule has 0 aliphatic heterocycles. The maximum Gasteiger partial charge on any atom is 0.291 e. The molecular formula is C21H17N5O3. The Bertz CT molecular complexity index is 1090. The number of nitrogens with zero attached hydrogens (tertiary/aromatic N) is 3. The Kier molecular flexibility index (Phi) is 5.15. The van der Waals surface area contributed by atoms with Crippen LogP contribution < -0.4 is 10.6 Å². The van der Waals surface area contributed by atoms with Gasteiger partial charge in [-0.2, -0.15) is 0 Å². The summed E-state index contributed by atoms with van der Waals surface area (Å²) in [5.74, 6) is 0.413. The molecule has 3 aromatic heterocycles. The Balaban J connectivity index is 1.32. The summed E-state index contributed by atoms with van der Waals surface area (Å²) in [5.41, 5.74) is 1.94. The molecule has 2 amide bonds. The molecule has 2 N–H and O–H groups in total. The SMILES string of the molecule is O=C(NCc1ccc(-n2ccnc2)nc1)c1ccc(NC(=O)c2ccco2)cc1. The highest BCUT2D eigenvalue weighted by Crippen LogP contribution is 2.12. The van der Waals surface area contributed by atoms with E-state index in [1.165, 1.54) is 6.26 Å². The molecule has 0 atom stereocenters. The van der Waals surface area contributed by atoms with Crippen molar-refractivity contribution in [1.82, 2.24) is 19.9 Å². The van der Waals surface area contributed by atoms with Gasteiger partial charge in [-0.1, -0.05) is 6.07 Å². The van der Waals surface area contributed by atoms with Crippen LogP contribution in [0.25, 0.3) is 5.82 Å². The second-order valence-corrected chi connectivity index (χ2v) is 6.19. The molecule has 8 nitrogen and oxygen atoms in total. The van der Waals surface area contributed by atoms with Gasteiger partial charge in [-0.15, -0.1) is 0 Å². The van der Waals surface area contributed by atoms with Crippen LogP contribution in [-0.2, 0) is 6.54 Å². The van der Waals surface area contributed by atoms with Gasteiger partial charge in [0, 0.05) is 36.4 Å². The van der Waals surface area contributed by atoms with Crippen LogP contribution in [0.15, 0.2) is 84.1 Å². The summed E-state index contributed by atoms with van der Waals surface area (Å²) in [6, 6.07) is 13.6. The first kappa shape index (κ1) is 18.2. The van der Waals surface area contributed by atoms with Gasteiger partial charge >= 0.3 is 0 Å². The predicted molar refractivity (Wildman–Crippen MR) is 106 cm³/mol. The highest BCUT2D eigenvalue weighted by Gasteiger charge is 2.10. The highest BCUT2D eigenvalue weighted by atomic mass is 16.3. The summed E-state index contributed by atoms with van der Waals surface area (Å²) in [5, 5.41) is 5.56. The molecule has 0 fully saturated rings. The molecular weight excluding hydrogens is 370 g/mol. The van der Waals surface area contributed by atoms with Gasteiger partial charge in [-0.05, 0) is 48.0 Å². The molecule has 0 saturated heterocycles. The molecule has 0 saturated carbocycles. The first-order valence-corrected chi connectivity index (χ1v) is 8.85. The molecule has 4 rings (SSSR count). The van der Waals surface area contributed by atoms with Gasteiger partial charge in [-0.25, -0.2) is 9.97 Å². The molecule has 4 aromatic rings. The second kappa shape index (κ2) is 8.22. The summed E-state index contributed by atoms with van der Waals surface area (Å²) in [7, 11) is 0. The zero-order chi connectivity index (χ0) is 20.1. The fraction of sp³-hybridized carbons (Fsp3) is 0.0476. The first-order valence-electron chi connectivity index (χ1n) is 8.85. The van der Waals surface area contributed by atoms with Crippen molar-refractivity contribution in [2.24, 2.45) is 0 Å². The molecule has 0 radical (unpaired) electrons. The topological polar surface area (TPSA) is 102 Å². The molecule has 3 heterocycles. The quantitative estimate of drug-likeness (QED) is 0.529. The number of rotatable bonds is 6. The molecule has 29 heavy (non-hydrogen) atoms. The van der Waals surface area contributed by atoms with Gasteiger partial charge in [0.1, 0.15) is 12.1 Å². The maximum absolute atomic E-state index is 12.3. The third kappa shape index (κ3) is 4.38. The summed E-state index contributed by atoms with van der Waals surface area (Å²) < 4.78 is 6.85. The zero-order valence-electron chi connectivity index (χ0n) is 15.3. The average molecular weight is 387 g/mol. The lowest BCUT2D eigenvalue weighted by Gasteiger charge is -2.08. The molecule has 0 aliphatic rings. The minimum absolute atomic E-state index is 0.215. The number of furan rings is 1. The van der Waals surface area contributed by atoms with Crippen LogP contribution in [0.5, 0.6) is 0 Å². The van der Waals surface area contributed by atoms with E-state index in [2.05, 4.69) is 20.6 Å². The second-order valence-electron chi connectivity index (χ2n) is 6.19. The van der Waals surface area contributed by atoms with Gasteiger partial charge in [-0.3, -0.25) is 14.2 Å². The number of benzene rings is 1. The zero-order valence-corrected chi connectivity index (χ0v) is 15.3. The van der Waals surface area contributed by atoms with E-state index in [0.717, 1.165) is 11.4 Å². The van der Waals surface area contributed by atoms with Crippen LogP contribution in [0, 0.1) is 0 Å². The van der Waals surface area contributed by atoms with Crippen molar-refractivity contribution < 1.29 is 14.0 Å². The van der Waals surface area contributed by atoms with Crippen molar-refractivity contribution in [2.75, 3.05) is 5.32 Å². The number of amides is 2. The highest BCUT2D eigenvalue weighted by molar-refractivity contribution is 6.02. The van der Waals surface area contributed by atoms with E-state index >= 15 is 0 Å². The summed E-state index contributed by atoms with van der Waals surface area (Å²) in [6.45, 7) is 0.354. The Hall–Kier alpha value is -4.20. The number of aromatic nitrogens is 3. The van der Waals surface area contributed by atoms with E-state index in [9.17, 15) is 9.59 Å². The fourth-order valence-corrected chi connectivity index (χ4v) is 2.66. The van der Waals surface area contributed by atoms with E-state index in [4.69, 9.17) is 4.42 Å². The monoisotopic (exact) mass is 387 g/mol. The Morgan fingerprint density at radius 3 is 2.55 bits per heavy atom. The number of imidazole rings is 1.